The van der Waals surface area contributed by atoms with Crippen LogP contribution in [0.5, 0.6) is 0 Å². The molecule has 5 nitrogen and oxygen atoms in total. The standard InChI is InChI=1S/C16H24N2O3/c1-2-20-16(10-6-3-7-11-16)15-17-14(21-18-15)12-8-4-5-9-13(12)19/h12H,2-11H2,1H3. The summed E-state index contributed by atoms with van der Waals surface area (Å²) in [5, 5.41) is 4.18. The van der Waals surface area contributed by atoms with Crippen LogP contribution in [0.3, 0.4) is 0 Å². The maximum atomic E-state index is 12.0. The SMILES string of the molecule is CCOC1(c2noc(C3CCCCC3=O)n2)CCCCC1. The second-order valence-corrected chi connectivity index (χ2v) is 6.21. The number of rotatable bonds is 4. The summed E-state index contributed by atoms with van der Waals surface area (Å²) in [5.41, 5.74) is -0.396. The van der Waals surface area contributed by atoms with Gasteiger partial charge in [0, 0.05) is 13.0 Å². The Labute approximate surface area is 125 Å². The topological polar surface area (TPSA) is 65.2 Å². The van der Waals surface area contributed by atoms with E-state index in [1.54, 1.807) is 0 Å². The molecule has 0 aliphatic heterocycles. The molecule has 2 saturated carbocycles. The van der Waals surface area contributed by atoms with Crippen LogP contribution in [0.15, 0.2) is 4.52 Å². The molecule has 0 radical (unpaired) electrons. The van der Waals surface area contributed by atoms with Crippen LogP contribution < -0.4 is 0 Å². The summed E-state index contributed by atoms with van der Waals surface area (Å²) in [6.07, 6.45) is 8.90. The lowest BCUT2D eigenvalue weighted by Gasteiger charge is -2.33. The summed E-state index contributed by atoms with van der Waals surface area (Å²) in [7, 11) is 0. The number of hydrogen-bond donors (Lipinski definition) is 0. The first kappa shape index (κ1) is 14.7. The first-order valence-electron chi connectivity index (χ1n) is 8.26. The predicted molar refractivity (Wildman–Crippen MR) is 76.9 cm³/mol. The van der Waals surface area contributed by atoms with Crippen molar-refractivity contribution in [3.63, 3.8) is 0 Å². The van der Waals surface area contributed by atoms with Gasteiger partial charge in [0.15, 0.2) is 0 Å². The van der Waals surface area contributed by atoms with Crippen molar-refractivity contribution in [2.24, 2.45) is 0 Å². The molecule has 2 aliphatic carbocycles. The van der Waals surface area contributed by atoms with Crippen LogP contribution in [0.4, 0.5) is 0 Å². The molecule has 0 bridgehead atoms. The van der Waals surface area contributed by atoms with Gasteiger partial charge in [-0.05, 0) is 32.6 Å². The number of nitrogens with zero attached hydrogens (tertiary/aromatic N) is 2. The minimum Gasteiger partial charge on any atom is -0.367 e. The van der Waals surface area contributed by atoms with Gasteiger partial charge in [-0.3, -0.25) is 4.79 Å². The van der Waals surface area contributed by atoms with Crippen LogP contribution in [0, 0.1) is 0 Å². The maximum absolute atomic E-state index is 12.0. The summed E-state index contributed by atoms with van der Waals surface area (Å²) < 4.78 is 11.5. The van der Waals surface area contributed by atoms with Crippen molar-refractivity contribution >= 4 is 5.78 Å². The highest BCUT2D eigenvalue weighted by Crippen LogP contribution is 2.40. The lowest BCUT2D eigenvalue weighted by Crippen LogP contribution is -2.33. The smallest absolute Gasteiger partial charge is 0.237 e. The van der Waals surface area contributed by atoms with Gasteiger partial charge >= 0.3 is 0 Å². The van der Waals surface area contributed by atoms with Crippen molar-refractivity contribution in [2.75, 3.05) is 6.61 Å². The maximum Gasteiger partial charge on any atom is 0.237 e. The number of aromatic nitrogens is 2. The Hall–Kier alpha value is -1.23. The summed E-state index contributed by atoms with van der Waals surface area (Å²) in [6, 6.07) is 0. The summed E-state index contributed by atoms with van der Waals surface area (Å²) in [5.74, 6) is 1.20. The number of Topliss-reactive ketones (excluding diaryl/α,β-unsaturated/α-hetero) is 1. The highest BCUT2D eigenvalue weighted by molar-refractivity contribution is 5.85. The summed E-state index contributed by atoms with van der Waals surface area (Å²) in [6.45, 7) is 2.65. The van der Waals surface area contributed by atoms with Gasteiger partial charge in [0.25, 0.3) is 0 Å². The highest BCUT2D eigenvalue weighted by Gasteiger charge is 2.40. The zero-order valence-corrected chi connectivity index (χ0v) is 12.8. The van der Waals surface area contributed by atoms with Gasteiger partial charge in [0.05, 0.1) is 5.92 Å². The Bertz CT molecular complexity index is 486. The number of ketones is 1. The molecule has 0 N–H and O–H groups in total. The van der Waals surface area contributed by atoms with E-state index in [4.69, 9.17) is 9.26 Å². The molecule has 21 heavy (non-hydrogen) atoms. The first-order chi connectivity index (χ1) is 10.2. The molecular formula is C16H24N2O3. The Kier molecular flexibility index (Phi) is 4.38. The number of ether oxygens (including phenoxy) is 1. The van der Waals surface area contributed by atoms with Crippen molar-refractivity contribution in [2.45, 2.75) is 76.2 Å². The second kappa shape index (κ2) is 6.26. The fourth-order valence-electron chi connectivity index (χ4n) is 3.64. The Morgan fingerprint density at radius 1 is 1.24 bits per heavy atom. The van der Waals surface area contributed by atoms with Crippen LogP contribution in [0.2, 0.25) is 0 Å². The van der Waals surface area contributed by atoms with E-state index in [0.717, 1.165) is 44.9 Å². The average molecular weight is 292 g/mol. The van der Waals surface area contributed by atoms with Gasteiger partial charge in [-0.1, -0.05) is 30.8 Å². The van der Waals surface area contributed by atoms with Crippen molar-refractivity contribution in [1.29, 1.82) is 0 Å². The second-order valence-electron chi connectivity index (χ2n) is 6.21. The largest absolute Gasteiger partial charge is 0.367 e. The zero-order chi connectivity index (χ0) is 14.7. The predicted octanol–water partition coefficient (Wildman–Crippen LogP) is 3.49. The fraction of sp³-hybridized carbons (Fsp3) is 0.812. The third kappa shape index (κ3) is 2.89. The van der Waals surface area contributed by atoms with E-state index in [1.165, 1.54) is 6.42 Å². The molecule has 1 atom stereocenters. The summed E-state index contributed by atoms with van der Waals surface area (Å²) in [4.78, 5) is 16.6. The summed E-state index contributed by atoms with van der Waals surface area (Å²) >= 11 is 0. The monoisotopic (exact) mass is 292 g/mol. The van der Waals surface area contributed by atoms with Crippen LogP contribution in [-0.2, 0) is 15.1 Å². The van der Waals surface area contributed by atoms with Crippen LogP contribution in [0.25, 0.3) is 0 Å². The van der Waals surface area contributed by atoms with E-state index in [1.807, 2.05) is 6.92 Å². The molecule has 5 heteroatoms. The molecule has 1 aromatic heterocycles. The third-order valence-electron chi connectivity index (χ3n) is 4.78. The van der Waals surface area contributed by atoms with Crippen LogP contribution in [-0.4, -0.2) is 22.5 Å². The van der Waals surface area contributed by atoms with Gasteiger partial charge in [0.2, 0.25) is 11.7 Å². The molecule has 116 valence electrons. The zero-order valence-electron chi connectivity index (χ0n) is 12.8. The van der Waals surface area contributed by atoms with E-state index >= 15 is 0 Å². The molecule has 3 rings (SSSR count). The Balaban J connectivity index is 1.83. The lowest BCUT2D eigenvalue weighted by atomic mass is 9.83. The van der Waals surface area contributed by atoms with Gasteiger partial charge in [-0.25, -0.2) is 0 Å². The quantitative estimate of drug-likeness (QED) is 0.849. The molecule has 0 amide bonds. The Morgan fingerprint density at radius 3 is 2.76 bits per heavy atom. The molecule has 2 aliphatic rings. The minimum absolute atomic E-state index is 0.192. The molecule has 1 aromatic rings. The Morgan fingerprint density at radius 2 is 2.05 bits per heavy atom. The molecule has 0 spiro atoms. The van der Waals surface area contributed by atoms with Gasteiger partial charge in [-0.15, -0.1) is 0 Å². The van der Waals surface area contributed by atoms with E-state index in [9.17, 15) is 4.79 Å². The molecule has 1 heterocycles. The van der Waals surface area contributed by atoms with Crippen LogP contribution in [0.1, 0.15) is 82.3 Å². The molecule has 0 saturated heterocycles. The number of hydrogen-bond acceptors (Lipinski definition) is 5. The highest BCUT2D eigenvalue weighted by atomic mass is 16.5. The third-order valence-corrected chi connectivity index (χ3v) is 4.78. The molecule has 1 unspecified atom stereocenters. The van der Waals surface area contributed by atoms with E-state index in [0.29, 0.717) is 24.7 Å². The van der Waals surface area contributed by atoms with Crippen molar-refractivity contribution in [3.05, 3.63) is 11.7 Å². The fourth-order valence-corrected chi connectivity index (χ4v) is 3.64. The van der Waals surface area contributed by atoms with E-state index < -0.39 is 5.60 Å². The van der Waals surface area contributed by atoms with Crippen molar-refractivity contribution in [3.8, 4) is 0 Å². The van der Waals surface area contributed by atoms with Gasteiger partial charge < -0.3 is 9.26 Å². The van der Waals surface area contributed by atoms with E-state index in [-0.39, 0.29) is 11.7 Å². The number of carbonyl (C=O) groups is 1. The minimum atomic E-state index is -0.396. The van der Waals surface area contributed by atoms with Crippen molar-refractivity contribution < 1.29 is 14.1 Å². The van der Waals surface area contributed by atoms with E-state index in [2.05, 4.69) is 10.1 Å². The van der Waals surface area contributed by atoms with Crippen LogP contribution >= 0.6 is 0 Å². The van der Waals surface area contributed by atoms with Crippen molar-refractivity contribution in [1.82, 2.24) is 10.1 Å². The molecular weight excluding hydrogens is 268 g/mol. The van der Waals surface area contributed by atoms with Gasteiger partial charge in [-0.2, -0.15) is 4.98 Å². The molecule has 0 aromatic carbocycles. The average Bonchev–Trinajstić information content (AvgIpc) is 2.99. The van der Waals surface area contributed by atoms with Gasteiger partial charge in [0.1, 0.15) is 11.4 Å². The first-order valence-corrected chi connectivity index (χ1v) is 8.26. The normalized spacial score (nSPS) is 26.0. The molecule has 2 fully saturated rings. The lowest BCUT2D eigenvalue weighted by molar-refractivity contribution is -0.122. The number of carbonyl (C=O) groups excluding carboxylic acids is 1.